The fourth-order valence-corrected chi connectivity index (χ4v) is 5.49. The lowest BCUT2D eigenvalue weighted by molar-refractivity contribution is 0.310. The molecule has 0 unspecified atom stereocenters. The van der Waals surface area contributed by atoms with E-state index in [9.17, 15) is 0 Å². The molecule has 33 heavy (non-hydrogen) atoms. The van der Waals surface area contributed by atoms with Gasteiger partial charge in [-0.15, -0.1) is 0 Å². The Bertz CT molecular complexity index is 1290. The van der Waals surface area contributed by atoms with Crippen LogP contribution in [0.3, 0.4) is 0 Å². The van der Waals surface area contributed by atoms with Gasteiger partial charge in [0.2, 0.25) is 0 Å². The fourth-order valence-electron chi connectivity index (χ4n) is 4.79. The summed E-state index contributed by atoms with van der Waals surface area (Å²) in [4.78, 5) is 6.98. The maximum absolute atomic E-state index is 5.86. The first kappa shape index (κ1) is 21.9. The molecule has 4 aromatic rings. The first-order valence-electron chi connectivity index (χ1n) is 11.0. The Morgan fingerprint density at radius 3 is 2.48 bits per heavy atom. The maximum Gasteiger partial charge on any atom is 0.170 e. The summed E-state index contributed by atoms with van der Waals surface area (Å²) in [6.07, 6.45) is 1.85. The van der Waals surface area contributed by atoms with E-state index >= 15 is 0 Å². The minimum absolute atomic E-state index is 0.0275. The van der Waals surface area contributed by atoms with Gasteiger partial charge in [0.05, 0.1) is 17.8 Å². The van der Waals surface area contributed by atoms with Crippen LogP contribution < -0.4 is 5.32 Å². The second kappa shape index (κ2) is 9.12. The van der Waals surface area contributed by atoms with Gasteiger partial charge in [0.15, 0.2) is 5.11 Å². The highest BCUT2D eigenvalue weighted by atomic mass is 79.9. The Morgan fingerprint density at radius 1 is 0.970 bits per heavy atom. The molecule has 6 heteroatoms. The molecule has 2 atom stereocenters. The Kier molecular flexibility index (Phi) is 6.04. The number of nitrogens with one attached hydrogen (secondary N) is 1. The van der Waals surface area contributed by atoms with E-state index in [0.717, 1.165) is 27.5 Å². The highest BCUT2D eigenvalue weighted by Crippen LogP contribution is 2.42. The first-order valence-corrected chi connectivity index (χ1v) is 12.2. The summed E-state index contributed by atoms with van der Waals surface area (Å²) < 4.78 is 3.38. The fraction of sp³-hybridized carbons (Fsp3) is 0.185. The van der Waals surface area contributed by atoms with E-state index in [1.165, 1.54) is 22.5 Å². The third-order valence-electron chi connectivity index (χ3n) is 6.25. The molecular weight excluding hydrogens is 492 g/mol. The molecule has 0 saturated carbocycles. The molecule has 2 aromatic heterocycles. The average molecular weight is 517 g/mol. The van der Waals surface area contributed by atoms with Crippen molar-refractivity contribution in [2.24, 2.45) is 0 Å². The average Bonchev–Trinajstić information content (AvgIpc) is 3.30. The van der Waals surface area contributed by atoms with Crippen LogP contribution in [0.15, 0.2) is 89.5 Å². The van der Waals surface area contributed by atoms with Crippen molar-refractivity contribution < 1.29 is 0 Å². The molecule has 1 aliphatic rings. The summed E-state index contributed by atoms with van der Waals surface area (Å²) in [6.45, 7) is 5.09. The van der Waals surface area contributed by atoms with Crippen LogP contribution in [-0.2, 0) is 6.54 Å². The zero-order valence-corrected chi connectivity index (χ0v) is 21.0. The second-order valence-electron chi connectivity index (χ2n) is 8.38. The van der Waals surface area contributed by atoms with Gasteiger partial charge < -0.3 is 14.8 Å². The van der Waals surface area contributed by atoms with Gasteiger partial charge >= 0.3 is 0 Å². The lowest BCUT2D eigenvalue weighted by atomic mass is 9.96. The Hall–Kier alpha value is -2.96. The van der Waals surface area contributed by atoms with Crippen molar-refractivity contribution in [3.63, 3.8) is 0 Å². The van der Waals surface area contributed by atoms with Crippen LogP contribution in [0.1, 0.15) is 40.3 Å². The van der Waals surface area contributed by atoms with Gasteiger partial charge in [0.1, 0.15) is 0 Å². The van der Waals surface area contributed by atoms with Gasteiger partial charge in [-0.2, -0.15) is 0 Å². The summed E-state index contributed by atoms with van der Waals surface area (Å²) in [5, 5.41) is 4.33. The number of rotatable bonds is 5. The zero-order valence-electron chi connectivity index (χ0n) is 18.6. The van der Waals surface area contributed by atoms with Gasteiger partial charge in [-0.3, -0.25) is 4.98 Å². The SMILES string of the molecule is Cc1cc([C@H]2[C@H](c3ccccn3)NC(=S)N2Cc2ccccc2)c(C)n1-c1cccc(Br)c1. The van der Waals surface area contributed by atoms with Gasteiger partial charge in [0, 0.05) is 34.3 Å². The number of aryl methyl sites for hydroxylation is 1. The molecule has 0 aliphatic carbocycles. The van der Waals surface area contributed by atoms with Crippen molar-refractivity contribution in [2.45, 2.75) is 32.5 Å². The maximum atomic E-state index is 5.86. The number of pyridine rings is 1. The van der Waals surface area contributed by atoms with Crippen LogP contribution in [0.5, 0.6) is 0 Å². The monoisotopic (exact) mass is 516 g/mol. The van der Waals surface area contributed by atoms with Crippen LogP contribution in [0, 0.1) is 13.8 Å². The minimum Gasteiger partial charge on any atom is -0.352 e. The normalized spacial score (nSPS) is 17.9. The van der Waals surface area contributed by atoms with Gasteiger partial charge in [0.25, 0.3) is 0 Å². The third kappa shape index (κ3) is 4.21. The summed E-state index contributed by atoms with van der Waals surface area (Å²) in [5.74, 6) is 0. The molecule has 166 valence electrons. The topological polar surface area (TPSA) is 33.1 Å². The van der Waals surface area contributed by atoms with Crippen LogP contribution in [0.2, 0.25) is 0 Å². The molecule has 1 aliphatic heterocycles. The number of thiocarbonyl (C=S) groups is 1. The molecular formula is C27H25BrN4S. The van der Waals surface area contributed by atoms with E-state index in [1.54, 1.807) is 0 Å². The predicted molar refractivity (Wildman–Crippen MR) is 140 cm³/mol. The molecule has 2 aromatic carbocycles. The minimum atomic E-state index is -0.0288. The number of hydrogen-bond donors (Lipinski definition) is 1. The standard InChI is InChI=1S/C27H25BrN4S/c1-18-15-23(19(2)32(18)22-12-8-11-21(28)16-22)26-25(24-13-6-7-14-29-24)30-27(33)31(26)17-20-9-4-3-5-10-20/h3-16,25-26H,17H2,1-2H3,(H,30,33)/t25-,26-/m0/s1. The number of hydrogen-bond acceptors (Lipinski definition) is 2. The van der Waals surface area contributed by atoms with Crippen LogP contribution in [0.4, 0.5) is 0 Å². The van der Waals surface area contributed by atoms with Crippen molar-refractivity contribution in [1.29, 1.82) is 0 Å². The molecule has 0 spiro atoms. The van der Waals surface area contributed by atoms with Crippen molar-refractivity contribution in [1.82, 2.24) is 19.8 Å². The quantitative estimate of drug-likeness (QED) is 0.310. The van der Waals surface area contributed by atoms with Crippen LogP contribution >= 0.6 is 28.1 Å². The highest BCUT2D eigenvalue weighted by molar-refractivity contribution is 9.10. The van der Waals surface area contributed by atoms with E-state index in [2.05, 4.69) is 110 Å². The molecule has 0 bridgehead atoms. The lowest BCUT2D eigenvalue weighted by Crippen LogP contribution is -2.29. The van der Waals surface area contributed by atoms with Crippen molar-refractivity contribution >= 4 is 33.3 Å². The Balaban J connectivity index is 1.62. The van der Waals surface area contributed by atoms with Crippen LogP contribution in [-0.4, -0.2) is 19.6 Å². The largest absolute Gasteiger partial charge is 0.352 e. The van der Waals surface area contributed by atoms with E-state index in [0.29, 0.717) is 0 Å². The van der Waals surface area contributed by atoms with Gasteiger partial charge in [-0.25, -0.2) is 0 Å². The summed E-state index contributed by atoms with van der Waals surface area (Å²) in [6, 6.07) is 27.3. The van der Waals surface area contributed by atoms with Gasteiger partial charge in [-0.1, -0.05) is 58.4 Å². The van der Waals surface area contributed by atoms with E-state index in [4.69, 9.17) is 12.2 Å². The number of nitrogens with zero attached hydrogens (tertiary/aromatic N) is 3. The molecule has 1 N–H and O–H groups in total. The van der Waals surface area contributed by atoms with E-state index in [1.807, 2.05) is 24.4 Å². The Morgan fingerprint density at radius 2 is 1.76 bits per heavy atom. The summed E-state index contributed by atoms with van der Waals surface area (Å²) in [5.41, 5.74) is 7.02. The molecule has 5 rings (SSSR count). The first-order chi connectivity index (χ1) is 16.0. The smallest absolute Gasteiger partial charge is 0.170 e. The van der Waals surface area contributed by atoms with Crippen molar-refractivity contribution in [3.8, 4) is 5.69 Å². The highest BCUT2D eigenvalue weighted by Gasteiger charge is 2.41. The number of aromatic nitrogens is 2. The second-order valence-corrected chi connectivity index (χ2v) is 9.68. The number of halogens is 1. The zero-order chi connectivity index (χ0) is 22.9. The third-order valence-corrected chi connectivity index (χ3v) is 7.09. The molecule has 0 amide bonds. The molecule has 4 nitrogen and oxygen atoms in total. The predicted octanol–water partition coefficient (Wildman–Crippen LogP) is 6.42. The summed E-state index contributed by atoms with van der Waals surface area (Å²) >= 11 is 9.48. The van der Waals surface area contributed by atoms with E-state index < -0.39 is 0 Å². The number of benzene rings is 2. The molecule has 3 heterocycles. The molecule has 1 saturated heterocycles. The van der Waals surface area contributed by atoms with Crippen molar-refractivity contribution in [3.05, 3.63) is 118 Å². The van der Waals surface area contributed by atoms with Crippen molar-refractivity contribution in [2.75, 3.05) is 0 Å². The van der Waals surface area contributed by atoms with Crippen LogP contribution in [0.25, 0.3) is 5.69 Å². The summed E-state index contributed by atoms with van der Waals surface area (Å²) in [7, 11) is 0. The Labute approximate surface area is 208 Å². The van der Waals surface area contributed by atoms with Gasteiger partial charge in [-0.05, 0) is 73.6 Å². The lowest BCUT2D eigenvalue weighted by Gasteiger charge is -2.28. The molecule has 1 fully saturated rings. The van der Waals surface area contributed by atoms with E-state index in [-0.39, 0.29) is 12.1 Å². The molecule has 0 radical (unpaired) electrons.